The van der Waals surface area contributed by atoms with Gasteiger partial charge >= 0.3 is 0 Å². The van der Waals surface area contributed by atoms with Crippen molar-refractivity contribution >= 4 is 11.7 Å². The Kier molecular flexibility index (Phi) is 7.54. The predicted octanol–water partition coefficient (Wildman–Crippen LogP) is 2.26. The predicted molar refractivity (Wildman–Crippen MR) is 128 cm³/mol. The first kappa shape index (κ1) is 23.4. The van der Waals surface area contributed by atoms with E-state index in [0.717, 1.165) is 24.5 Å². The van der Waals surface area contributed by atoms with Gasteiger partial charge in [-0.2, -0.15) is 5.10 Å². The Balaban J connectivity index is 1.31. The third-order valence-electron chi connectivity index (χ3n) is 5.42. The van der Waals surface area contributed by atoms with E-state index in [1.54, 1.807) is 6.20 Å². The second-order valence-electron chi connectivity index (χ2n) is 8.31. The van der Waals surface area contributed by atoms with Crippen molar-refractivity contribution in [1.82, 2.24) is 20.1 Å². The number of para-hydroxylation sites is 1. The lowest BCUT2D eigenvalue weighted by Crippen LogP contribution is -2.45. The van der Waals surface area contributed by atoms with Gasteiger partial charge in [0.05, 0.1) is 18.8 Å². The van der Waals surface area contributed by atoms with Gasteiger partial charge in [0.1, 0.15) is 23.9 Å². The molecule has 0 spiro atoms. The summed E-state index contributed by atoms with van der Waals surface area (Å²) in [7, 11) is 0. The number of morpholine rings is 1. The normalized spacial score (nSPS) is 17.9. The first-order chi connectivity index (χ1) is 16.5. The van der Waals surface area contributed by atoms with Crippen LogP contribution in [0.4, 0.5) is 5.82 Å². The first-order valence-corrected chi connectivity index (χ1v) is 11.4. The molecule has 3 heterocycles. The highest BCUT2D eigenvalue weighted by Crippen LogP contribution is 2.18. The van der Waals surface area contributed by atoms with Gasteiger partial charge < -0.3 is 19.7 Å². The van der Waals surface area contributed by atoms with Crippen LogP contribution in [0.3, 0.4) is 0 Å². The third kappa shape index (κ3) is 6.20. The summed E-state index contributed by atoms with van der Waals surface area (Å²) in [5.41, 5.74) is 0.746. The maximum Gasteiger partial charge on any atom is 0.271 e. The molecule has 1 aromatic carbocycles. The Hall–Kier alpha value is -3.72. The van der Waals surface area contributed by atoms with Gasteiger partial charge in [-0.1, -0.05) is 24.3 Å². The molecule has 178 valence electrons. The SMILES string of the molecule is CC1CN(c2ccc(CNC(=O)c3ccc(=O)n(CCOc4ccccc4)n3)cn2)CC(C)O1. The van der Waals surface area contributed by atoms with E-state index < -0.39 is 0 Å². The van der Waals surface area contributed by atoms with Crippen LogP contribution in [0.25, 0.3) is 0 Å². The van der Waals surface area contributed by atoms with Crippen LogP contribution in [0, 0.1) is 0 Å². The van der Waals surface area contributed by atoms with E-state index in [2.05, 4.69) is 34.1 Å². The van der Waals surface area contributed by atoms with Crippen LogP contribution in [0.2, 0.25) is 0 Å². The minimum Gasteiger partial charge on any atom is -0.492 e. The number of carbonyl (C=O) groups excluding carboxylic acids is 1. The lowest BCUT2D eigenvalue weighted by Gasteiger charge is -2.36. The molecule has 9 nitrogen and oxygen atoms in total. The van der Waals surface area contributed by atoms with Crippen molar-refractivity contribution in [2.75, 3.05) is 24.6 Å². The third-order valence-corrected chi connectivity index (χ3v) is 5.42. The van der Waals surface area contributed by atoms with Crippen molar-refractivity contribution in [2.24, 2.45) is 0 Å². The Morgan fingerprint density at radius 3 is 2.56 bits per heavy atom. The van der Waals surface area contributed by atoms with Gasteiger partial charge in [0.25, 0.3) is 11.5 Å². The molecule has 9 heteroatoms. The Morgan fingerprint density at radius 1 is 1.09 bits per heavy atom. The zero-order valence-corrected chi connectivity index (χ0v) is 19.4. The summed E-state index contributed by atoms with van der Waals surface area (Å²) in [5.74, 6) is 1.24. The number of rotatable bonds is 8. The van der Waals surface area contributed by atoms with Crippen LogP contribution in [0.15, 0.2) is 65.6 Å². The number of nitrogens with one attached hydrogen (secondary N) is 1. The van der Waals surface area contributed by atoms with Crippen LogP contribution in [0.1, 0.15) is 29.9 Å². The number of pyridine rings is 1. The molecule has 3 aromatic rings. The van der Waals surface area contributed by atoms with Gasteiger partial charge in [-0.25, -0.2) is 9.67 Å². The Bertz CT molecular complexity index is 1140. The Labute approximate surface area is 198 Å². The van der Waals surface area contributed by atoms with Crippen molar-refractivity contribution in [1.29, 1.82) is 0 Å². The topological polar surface area (TPSA) is 98.6 Å². The molecular formula is C25H29N5O4. The first-order valence-electron chi connectivity index (χ1n) is 11.4. The molecule has 1 amide bonds. The van der Waals surface area contributed by atoms with Crippen LogP contribution >= 0.6 is 0 Å². The summed E-state index contributed by atoms with van der Waals surface area (Å²) in [5, 5.41) is 7.02. The van der Waals surface area contributed by atoms with Gasteiger partial charge in [-0.15, -0.1) is 0 Å². The number of anilines is 1. The number of ether oxygens (including phenoxy) is 2. The number of aromatic nitrogens is 3. The summed E-state index contributed by atoms with van der Waals surface area (Å²) < 4.78 is 12.6. The summed E-state index contributed by atoms with van der Waals surface area (Å²) >= 11 is 0. The lowest BCUT2D eigenvalue weighted by atomic mass is 10.2. The molecule has 0 radical (unpaired) electrons. The molecule has 2 aromatic heterocycles. The van der Waals surface area contributed by atoms with E-state index in [9.17, 15) is 9.59 Å². The van der Waals surface area contributed by atoms with Gasteiger partial charge in [0, 0.05) is 31.9 Å². The summed E-state index contributed by atoms with van der Waals surface area (Å²) in [6.45, 7) is 6.51. The van der Waals surface area contributed by atoms with Gasteiger partial charge in [0.2, 0.25) is 0 Å². The molecule has 2 atom stereocenters. The van der Waals surface area contributed by atoms with E-state index in [1.165, 1.54) is 16.8 Å². The Morgan fingerprint density at radius 2 is 1.85 bits per heavy atom. The van der Waals surface area contributed by atoms with Crippen molar-refractivity contribution in [2.45, 2.75) is 39.1 Å². The maximum atomic E-state index is 12.6. The molecule has 0 saturated carbocycles. The average molecular weight is 464 g/mol. The number of amides is 1. The quantitative estimate of drug-likeness (QED) is 0.547. The van der Waals surface area contributed by atoms with E-state index >= 15 is 0 Å². The van der Waals surface area contributed by atoms with Crippen molar-refractivity contribution in [3.05, 3.63) is 82.4 Å². The van der Waals surface area contributed by atoms with E-state index in [-0.39, 0.29) is 42.5 Å². The highest BCUT2D eigenvalue weighted by Gasteiger charge is 2.23. The molecule has 2 unspecified atom stereocenters. The monoisotopic (exact) mass is 463 g/mol. The molecule has 0 bridgehead atoms. The summed E-state index contributed by atoms with van der Waals surface area (Å²) in [6, 6.07) is 16.0. The molecule has 1 saturated heterocycles. The second kappa shape index (κ2) is 10.9. The van der Waals surface area contributed by atoms with Crippen LogP contribution < -0.4 is 20.5 Å². The fourth-order valence-electron chi connectivity index (χ4n) is 3.84. The highest BCUT2D eigenvalue weighted by atomic mass is 16.5. The van der Waals surface area contributed by atoms with E-state index in [1.807, 2.05) is 42.5 Å². The van der Waals surface area contributed by atoms with Crippen molar-refractivity contribution < 1.29 is 14.3 Å². The summed E-state index contributed by atoms with van der Waals surface area (Å²) in [6.07, 6.45) is 2.07. The zero-order valence-electron chi connectivity index (χ0n) is 19.4. The zero-order chi connectivity index (χ0) is 23.9. The highest BCUT2D eigenvalue weighted by molar-refractivity contribution is 5.91. The number of hydrogen-bond acceptors (Lipinski definition) is 7. The largest absolute Gasteiger partial charge is 0.492 e. The molecule has 34 heavy (non-hydrogen) atoms. The molecule has 1 N–H and O–H groups in total. The van der Waals surface area contributed by atoms with Crippen molar-refractivity contribution in [3.8, 4) is 5.75 Å². The average Bonchev–Trinajstić information content (AvgIpc) is 2.84. The number of carbonyl (C=O) groups is 1. The second-order valence-corrected chi connectivity index (χ2v) is 8.31. The molecule has 4 rings (SSSR count). The van der Waals surface area contributed by atoms with Crippen molar-refractivity contribution in [3.63, 3.8) is 0 Å². The minimum atomic E-state index is -0.363. The van der Waals surface area contributed by atoms with Gasteiger partial charge in [0.15, 0.2) is 0 Å². The van der Waals surface area contributed by atoms with Crippen LogP contribution in [-0.4, -0.2) is 52.6 Å². The van der Waals surface area contributed by atoms with Gasteiger partial charge in [-0.05, 0) is 43.7 Å². The van der Waals surface area contributed by atoms with Crippen LogP contribution in [0.5, 0.6) is 5.75 Å². The number of benzene rings is 1. The fourth-order valence-corrected chi connectivity index (χ4v) is 3.84. The van der Waals surface area contributed by atoms with E-state index in [4.69, 9.17) is 9.47 Å². The minimum absolute atomic E-state index is 0.158. The smallest absolute Gasteiger partial charge is 0.271 e. The molecule has 1 aliphatic rings. The van der Waals surface area contributed by atoms with Gasteiger partial charge in [-0.3, -0.25) is 9.59 Å². The number of nitrogens with zero attached hydrogens (tertiary/aromatic N) is 4. The maximum absolute atomic E-state index is 12.6. The fraction of sp³-hybridized carbons (Fsp3) is 0.360. The lowest BCUT2D eigenvalue weighted by molar-refractivity contribution is -0.00546. The standard InChI is InChI=1S/C25H29N5O4/c1-18-16-29(17-19(2)34-18)23-10-8-20(14-26-23)15-27-25(32)22-9-11-24(31)30(28-22)12-13-33-21-6-4-3-5-7-21/h3-11,14,18-19H,12-13,15-17H2,1-2H3,(H,27,32). The molecule has 1 aliphatic heterocycles. The van der Waals surface area contributed by atoms with E-state index in [0.29, 0.717) is 12.3 Å². The molecule has 0 aliphatic carbocycles. The number of hydrogen-bond donors (Lipinski definition) is 1. The summed E-state index contributed by atoms with van der Waals surface area (Å²) in [4.78, 5) is 31.5. The molecule has 1 fully saturated rings. The van der Waals surface area contributed by atoms with Crippen LogP contribution in [-0.2, 0) is 17.8 Å². The molecular weight excluding hydrogens is 434 g/mol.